The Balaban J connectivity index is 2.09. The lowest BCUT2D eigenvalue weighted by Crippen LogP contribution is -2.42. The van der Waals surface area contributed by atoms with Gasteiger partial charge in [0.15, 0.2) is 5.43 Å². The fourth-order valence-corrected chi connectivity index (χ4v) is 2.37. The summed E-state index contributed by atoms with van der Waals surface area (Å²) in [5, 5.41) is 0. The Bertz CT molecular complexity index is 467. The Kier molecular flexibility index (Phi) is 4.15. The van der Waals surface area contributed by atoms with Gasteiger partial charge in [-0.05, 0) is 18.8 Å². The summed E-state index contributed by atoms with van der Waals surface area (Å²) in [5.41, 5.74) is -0.0109. The number of pyridine rings is 1. The lowest BCUT2D eigenvalue weighted by Gasteiger charge is -2.32. The highest BCUT2D eigenvalue weighted by Crippen LogP contribution is 2.17. The molecular weight excluding hydrogens is 232 g/mol. The van der Waals surface area contributed by atoms with Crippen LogP contribution in [0.2, 0.25) is 0 Å². The highest BCUT2D eigenvalue weighted by Gasteiger charge is 2.25. The highest BCUT2D eigenvalue weighted by atomic mass is 16.5. The number of aromatic amines is 1. The Morgan fingerprint density at radius 2 is 2.44 bits per heavy atom. The summed E-state index contributed by atoms with van der Waals surface area (Å²) < 4.78 is 5.13. The number of methoxy groups -OCH3 is 1. The molecule has 2 heterocycles. The van der Waals surface area contributed by atoms with Crippen LogP contribution in [0.15, 0.2) is 23.3 Å². The second kappa shape index (κ2) is 5.82. The molecular formula is C13H18N2O3. The number of carbonyl (C=O) groups excluding carboxylic acids is 1. The number of hydrogen-bond donors (Lipinski definition) is 1. The molecule has 5 nitrogen and oxygen atoms in total. The lowest BCUT2D eigenvalue weighted by molar-refractivity contribution is 0.0569. The summed E-state index contributed by atoms with van der Waals surface area (Å²) in [5.74, 6) is 0.188. The zero-order chi connectivity index (χ0) is 13.0. The van der Waals surface area contributed by atoms with Crippen molar-refractivity contribution in [1.29, 1.82) is 0 Å². The van der Waals surface area contributed by atoms with E-state index in [2.05, 4.69) is 4.98 Å². The van der Waals surface area contributed by atoms with E-state index in [4.69, 9.17) is 4.74 Å². The van der Waals surface area contributed by atoms with Gasteiger partial charge in [-0.2, -0.15) is 0 Å². The smallest absolute Gasteiger partial charge is 0.259 e. The van der Waals surface area contributed by atoms with E-state index < -0.39 is 0 Å². The maximum Gasteiger partial charge on any atom is 0.259 e. The van der Waals surface area contributed by atoms with Crippen LogP contribution in [-0.4, -0.2) is 42.6 Å². The van der Waals surface area contributed by atoms with Crippen LogP contribution in [0.4, 0.5) is 0 Å². The topological polar surface area (TPSA) is 62.4 Å². The number of nitrogens with one attached hydrogen (secondary N) is 1. The molecule has 0 saturated carbocycles. The number of H-pyrrole nitrogens is 1. The zero-order valence-electron chi connectivity index (χ0n) is 10.5. The number of piperidine rings is 1. The van der Waals surface area contributed by atoms with Gasteiger partial charge in [-0.15, -0.1) is 0 Å². The Labute approximate surface area is 106 Å². The van der Waals surface area contributed by atoms with E-state index in [1.165, 1.54) is 18.5 Å². The van der Waals surface area contributed by atoms with Gasteiger partial charge in [-0.3, -0.25) is 9.59 Å². The molecule has 0 bridgehead atoms. The summed E-state index contributed by atoms with van der Waals surface area (Å²) in [4.78, 5) is 28.4. The standard InChI is InChI=1S/C13H18N2O3/c1-18-9-10-3-2-6-15(8-10)13(17)11-7-14-5-4-12(11)16/h4-5,7,10H,2-3,6,8-9H2,1H3,(H,14,16). The average molecular weight is 250 g/mol. The van der Waals surface area contributed by atoms with E-state index in [9.17, 15) is 9.59 Å². The molecule has 2 rings (SSSR count). The Morgan fingerprint density at radius 1 is 1.61 bits per heavy atom. The van der Waals surface area contributed by atoms with Gasteiger partial charge >= 0.3 is 0 Å². The molecule has 0 spiro atoms. The van der Waals surface area contributed by atoms with Gasteiger partial charge in [0.2, 0.25) is 0 Å². The number of hydrogen-bond acceptors (Lipinski definition) is 3. The number of likely N-dealkylation sites (tertiary alicyclic amines) is 1. The molecule has 0 aliphatic carbocycles. The molecule has 1 amide bonds. The predicted octanol–water partition coefficient (Wildman–Crippen LogP) is 0.874. The maximum atomic E-state index is 12.2. The van der Waals surface area contributed by atoms with Gasteiger partial charge in [0, 0.05) is 38.7 Å². The van der Waals surface area contributed by atoms with Crippen LogP contribution in [0, 0.1) is 5.92 Å². The SMILES string of the molecule is COCC1CCCN(C(=O)c2c[nH]ccc2=O)C1. The molecule has 1 aromatic heterocycles. The van der Waals surface area contributed by atoms with Crippen molar-refractivity contribution >= 4 is 5.91 Å². The largest absolute Gasteiger partial charge is 0.384 e. The molecule has 1 aromatic rings. The van der Waals surface area contributed by atoms with Gasteiger partial charge < -0.3 is 14.6 Å². The van der Waals surface area contributed by atoms with E-state index in [1.54, 1.807) is 12.0 Å². The number of rotatable bonds is 3. The van der Waals surface area contributed by atoms with Gasteiger partial charge in [0.1, 0.15) is 5.56 Å². The molecule has 98 valence electrons. The number of nitrogens with zero attached hydrogens (tertiary/aromatic N) is 1. The van der Waals surface area contributed by atoms with Gasteiger partial charge in [-0.1, -0.05) is 0 Å². The van der Waals surface area contributed by atoms with Crippen LogP contribution < -0.4 is 5.43 Å². The fraction of sp³-hybridized carbons (Fsp3) is 0.538. The summed E-state index contributed by atoms with van der Waals surface area (Å²) >= 11 is 0. The lowest BCUT2D eigenvalue weighted by atomic mass is 9.98. The molecule has 1 aliphatic heterocycles. The second-order valence-electron chi connectivity index (χ2n) is 4.64. The maximum absolute atomic E-state index is 12.2. The van der Waals surface area contributed by atoms with Gasteiger partial charge in [0.25, 0.3) is 5.91 Å². The van der Waals surface area contributed by atoms with E-state index >= 15 is 0 Å². The summed E-state index contributed by atoms with van der Waals surface area (Å²) in [6.07, 6.45) is 5.04. The number of aromatic nitrogens is 1. The number of amides is 1. The predicted molar refractivity (Wildman–Crippen MR) is 67.6 cm³/mol. The van der Waals surface area contributed by atoms with Crippen LogP contribution in [-0.2, 0) is 4.74 Å². The van der Waals surface area contributed by atoms with Crippen molar-refractivity contribution in [2.45, 2.75) is 12.8 Å². The van der Waals surface area contributed by atoms with Crippen molar-refractivity contribution in [3.05, 3.63) is 34.2 Å². The monoisotopic (exact) mass is 250 g/mol. The summed E-state index contributed by atoms with van der Waals surface area (Å²) in [6, 6.07) is 1.38. The molecule has 1 unspecified atom stereocenters. The van der Waals surface area contributed by atoms with Crippen molar-refractivity contribution < 1.29 is 9.53 Å². The van der Waals surface area contributed by atoms with Crippen molar-refractivity contribution in [3.8, 4) is 0 Å². The molecule has 1 saturated heterocycles. The summed E-state index contributed by atoms with van der Waals surface area (Å²) in [7, 11) is 1.67. The number of carbonyl (C=O) groups is 1. The molecule has 0 radical (unpaired) electrons. The molecule has 0 aromatic carbocycles. The zero-order valence-corrected chi connectivity index (χ0v) is 10.5. The first-order valence-electron chi connectivity index (χ1n) is 6.17. The minimum atomic E-state index is -0.229. The van der Waals surface area contributed by atoms with E-state index in [0.29, 0.717) is 25.6 Å². The average Bonchev–Trinajstić information content (AvgIpc) is 2.39. The first kappa shape index (κ1) is 12.8. The Morgan fingerprint density at radius 3 is 3.17 bits per heavy atom. The first-order valence-corrected chi connectivity index (χ1v) is 6.17. The molecule has 18 heavy (non-hydrogen) atoms. The van der Waals surface area contributed by atoms with Crippen LogP contribution in [0.5, 0.6) is 0 Å². The van der Waals surface area contributed by atoms with Gasteiger partial charge in [-0.25, -0.2) is 0 Å². The van der Waals surface area contributed by atoms with E-state index in [1.807, 2.05) is 0 Å². The molecule has 1 N–H and O–H groups in total. The third-order valence-corrected chi connectivity index (χ3v) is 3.26. The minimum Gasteiger partial charge on any atom is -0.384 e. The first-order chi connectivity index (χ1) is 8.72. The van der Waals surface area contributed by atoms with Crippen LogP contribution in [0.1, 0.15) is 23.2 Å². The van der Waals surface area contributed by atoms with E-state index in [-0.39, 0.29) is 16.9 Å². The minimum absolute atomic E-state index is 0.183. The third-order valence-electron chi connectivity index (χ3n) is 3.26. The fourth-order valence-electron chi connectivity index (χ4n) is 2.37. The molecule has 1 fully saturated rings. The van der Waals surface area contributed by atoms with E-state index in [0.717, 1.165) is 12.8 Å². The number of ether oxygens (including phenoxy) is 1. The van der Waals surface area contributed by atoms with Crippen molar-refractivity contribution in [3.63, 3.8) is 0 Å². The van der Waals surface area contributed by atoms with Crippen LogP contribution in [0.3, 0.4) is 0 Å². The normalized spacial score (nSPS) is 19.8. The van der Waals surface area contributed by atoms with Crippen molar-refractivity contribution in [2.24, 2.45) is 5.92 Å². The van der Waals surface area contributed by atoms with Crippen LogP contribution >= 0.6 is 0 Å². The molecule has 1 aliphatic rings. The van der Waals surface area contributed by atoms with Gasteiger partial charge in [0.05, 0.1) is 6.61 Å². The quantitative estimate of drug-likeness (QED) is 0.866. The second-order valence-corrected chi connectivity index (χ2v) is 4.64. The highest BCUT2D eigenvalue weighted by molar-refractivity contribution is 5.93. The van der Waals surface area contributed by atoms with Crippen LogP contribution in [0.25, 0.3) is 0 Å². The Hall–Kier alpha value is -1.62. The third kappa shape index (κ3) is 2.79. The molecule has 1 atom stereocenters. The van der Waals surface area contributed by atoms with Crippen molar-refractivity contribution in [1.82, 2.24) is 9.88 Å². The molecule has 5 heteroatoms. The van der Waals surface area contributed by atoms with Crippen molar-refractivity contribution in [2.75, 3.05) is 26.8 Å². The summed E-state index contributed by atoms with van der Waals surface area (Å²) in [6.45, 7) is 2.04.